The van der Waals surface area contributed by atoms with Gasteiger partial charge in [-0.25, -0.2) is 13.1 Å². The van der Waals surface area contributed by atoms with Crippen LogP contribution in [-0.2, 0) is 21.2 Å². The monoisotopic (exact) mass is 302 g/mol. The molecule has 0 saturated heterocycles. The Labute approximate surface area is 119 Å². The zero-order chi connectivity index (χ0) is 14.5. The second-order valence-corrected chi connectivity index (χ2v) is 6.48. The summed E-state index contributed by atoms with van der Waals surface area (Å²) < 4.78 is 31.4. The fourth-order valence-electron chi connectivity index (χ4n) is 1.38. The predicted octanol–water partition coefficient (Wildman–Crippen LogP) is 0.828. The summed E-state index contributed by atoms with van der Waals surface area (Å²) in [6.45, 7) is 2.02. The first kappa shape index (κ1) is 16.0. The molecule has 5 nitrogen and oxygen atoms in total. The summed E-state index contributed by atoms with van der Waals surface area (Å²) in [5.41, 5.74) is 6.32. The van der Waals surface area contributed by atoms with Crippen LogP contribution >= 0.6 is 12.2 Å². The van der Waals surface area contributed by atoms with Gasteiger partial charge in [-0.15, -0.1) is 0 Å². The van der Waals surface area contributed by atoms with Crippen molar-refractivity contribution < 1.29 is 13.2 Å². The van der Waals surface area contributed by atoms with Gasteiger partial charge < -0.3 is 10.5 Å². The number of rotatable bonds is 7. The maximum absolute atomic E-state index is 12.0. The lowest BCUT2D eigenvalue weighted by Crippen LogP contribution is -2.31. The van der Waals surface area contributed by atoms with Crippen LogP contribution in [0.25, 0.3) is 0 Å². The van der Waals surface area contributed by atoms with Crippen molar-refractivity contribution in [3.63, 3.8) is 0 Å². The number of ether oxygens (including phenoxy) is 1. The van der Waals surface area contributed by atoms with Crippen LogP contribution in [0.3, 0.4) is 0 Å². The van der Waals surface area contributed by atoms with Gasteiger partial charge in [-0.1, -0.05) is 24.4 Å². The molecule has 1 unspecified atom stereocenters. The minimum Gasteiger partial charge on any atom is -0.393 e. The van der Waals surface area contributed by atoms with Crippen LogP contribution in [0.2, 0.25) is 0 Å². The van der Waals surface area contributed by atoms with Crippen LogP contribution < -0.4 is 10.5 Å². The second-order valence-electron chi connectivity index (χ2n) is 4.19. The third kappa shape index (κ3) is 5.23. The smallest absolute Gasteiger partial charge is 0.240 e. The van der Waals surface area contributed by atoms with Crippen molar-refractivity contribution in [3.8, 4) is 0 Å². The topological polar surface area (TPSA) is 81.4 Å². The third-order valence-electron chi connectivity index (χ3n) is 2.58. The molecule has 1 aromatic rings. The maximum atomic E-state index is 12.0. The van der Waals surface area contributed by atoms with Crippen LogP contribution in [0.5, 0.6) is 0 Å². The van der Waals surface area contributed by atoms with E-state index in [4.69, 9.17) is 22.7 Å². The fourth-order valence-corrected chi connectivity index (χ4v) is 2.66. The number of hydrogen-bond donors (Lipinski definition) is 2. The lowest BCUT2D eigenvalue weighted by atomic mass is 10.1. The molecule has 0 radical (unpaired) electrons. The highest BCUT2D eigenvalue weighted by atomic mass is 32.2. The van der Waals surface area contributed by atoms with Crippen molar-refractivity contribution >= 4 is 27.2 Å². The summed E-state index contributed by atoms with van der Waals surface area (Å²) in [7, 11) is -1.97. The molecule has 1 aromatic carbocycles. The van der Waals surface area contributed by atoms with Gasteiger partial charge >= 0.3 is 0 Å². The molecule has 7 heteroatoms. The molecular weight excluding hydrogens is 284 g/mol. The van der Waals surface area contributed by atoms with E-state index in [9.17, 15) is 8.42 Å². The number of thiocarbonyl (C=S) groups is 1. The number of hydrogen-bond acceptors (Lipinski definition) is 4. The molecule has 0 aliphatic rings. The highest BCUT2D eigenvalue weighted by molar-refractivity contribution is 7.89. The Balaban J connectivity index is 2.76. The number of benzene rings is 1. The van der Waals surface area contributed by atoms with Gasteiger partial charge in [-0.3, -0.25) is 0 Å². The lowest BCUT2D eigenvalue weighted by Gasteiger charge is -2.11. The highest BCUT2D eigenvalue weighted by Crippen LogP contribution is 2.11. The number of nitrogens with one attached hydrogen (secondary N) is 1. The van der Waals surface area contributed by atoms with Crippen molar-refractivity contribution in [2.75, 3.05) is 13.7 Å². The summed E-state index contributed by atoms with van der Waals surface area (Å²) in [6.07, 6.45) is 0.285. The maximum Gasteiger partial charge on any atom is 0.240 e. The van der Waals surface area contributed by atoms with E-state index in [1.54, 1.807) is 19.1 Å². The van der Waals surface area contributed by atoms with Crippen LogP contribution in [-0.4, -0.2) is 33.2 Å². The van der Waals surface area contributed by atoms with Crippen molar-refractivity contribution in [1.29, 1.82) is 0 Å². The van der Waals surface area contributed by atoms with E-state index in [0.29, 0.717) is 11.4 Å². The van der Waals surface area contributed by atoms with Crippen LogP contribution in [0.1, 0.15) is 12.5 Å². The first-order valence-corrected chi connectivity index (χ1v) is 7.64. The van der Waals surface area contributed by atoms with Crippen LogP contribution in [0, 0.1) is 0 Å². The van der Waals surface area contributed by atoms with Crippen LogP contribution in [0.15, 0.2) is 29.2 Å². The molecule has 1 atom stereocenters. The molecule has 3 N–H and O–H groups in total. The standard InChI is InChI=1S/C12H18N2O3S2/c1-9(17-2)8-14-19(15,16)11-5-3-10(4-6-11)7-12(13)18/h3-6,9,14H,7-8H2,1-2H3,(H2,13,18). The minimum absolute atomic E-state index is 0.177. The molecule has 106 valence electrons. The van der Waals surface area contributed by atoms with Crippen molar-refractivity contribution in [2.24, 2.45) is 5.73 Å². The zero-order valence-corrected chi connectivity index (χ0v) is 12.6. The summed E-state index contributed by atoms with van der Waals surface area (Å²) in [5.74, 6) is 0. The molecule has 0 aromatic heterocycles. The second kappa shape index (κ2) is 6.95. The first-order valence-electron chi connectivity index (χ1n) is 5.75. The van der Waals surface area contributed by atoms with E-state index >= 15 is 0 Å². The molecule has 1 rings (SSSR count). The van der Waals surface area contributed by atoms with Gasteiger partial charge in [0.2, 0.25) is 10.0 Å². The molecule has 0 aliphatic heterocycles. The minimum atomic E-state index is -3.50. The van der Waals surface area contributed by atoms with Crippen LogP contribution in [0.4, 0.5) is 0 Å². The largest absolute Gasteiger partial charge is 0.393 e. The van der Waals surface area contributed by atoms with Gasteiger partial charge in [0.1, 0.15) is 0 Å². The molecule has 0 aliphatic carbocycles. The van der Waals surface area contributed by atoms with Crippen molar-refractivity contribution in [1.82, 2.24) is 4.72 Å². The highest BCUT2D eigenvalue weighted by Gasteiger charge is 2.14. The molecule has 0 heterocycles. The summed E-state index contributed by atoms with van der Waals surface area (Å²) in [6, 6.07) is 6.47. The molecule has 0 fully saturated rings. The molecule has 0 saturated carbocycles. The van der Waals surface area contributed by atoms with E-state index < -0.39 is 10.0 Å². The van der Waals surface area contributed by atoms with Gasteiger partial charge in [0.25, 0.3) is 0 Å². The molecule has 0 amide bonds. The molecular formula is C12H18N2O3S2. The van der Waals surface area contributed by atoms with Gasteiger partial charge in [-0.05, 0) is 24.6 Å². The molecule has 0 spiro atoms. The Bertz CT molecular complexity index is 526. The Hall–Kier alpha value is -1.02. The lowest BCUT2D eigenvalue weighted by molar-refractivity contribution is 0.122. The Morgan fingerprint density at radius 2 is 2.00 bits per heavy atom. The third-order valence-corrected chi connectivity index (χ3v) is 4.16. The van der Waals surface area contributed by atoms with Gasteiger partial charge in [-0.2, -0.15) is 0 Å². The van der Waals surface area contributed by atoms with E-state index in [-0.39, 0.29) is 17.5 Å². The van der Waals surface area contributed by atoms with E-state index in [2.05, 4.69) is 4.72 Å². The zero-order valence-electron chi connectivity index (χ0n) is 10.9. The number of methoxy groups -OCH3 is 1. The van der Waals surface area contributed by atoms with Crippen molar-refractivity contribution in [2.45, 2.75) is 24.3 Å². The quantitative estimate of drug-likeness (QED) is 0.729. The van der Waals surface area contributed by atoms with Gasteiger partial charge in [0.05, 0.1) is 16.0 Å². The average Bonchev–Trinajstić information content (AvgIpc) is 2.36. The Morgan fingerprint density at radius 3 is 2.47 bits per heavy atom. The fraction of sp³-hybridized carbons (Fsp3) is 0.417. The van der Waals surface area contributed by atoms with Crippen molar-refractivity contribution in [3.05, 3.63) is 29.8 Å². The Kier molecular flexibility index (Phi) is 5.86. The SMILES string of the molecule is COC(C)CNS(=O)(=O)c1ccc(CC(N)=S)cc1. The Morgan fingerprint density at radius 1 is 1.42 bits per heavy atom. The van der Waals surface area contributed by atoms with E-state index in [0.717, 1.165) is 5.56 Å². The molecule has 0 bridgehead atoms. The summed E-state index contributed by atoms with van der Waals surface area (Å²) in [5, 5.41) is 0. The first-order chi connectivity index (χ1) is 8.85. The van der Waals surface area contributed by atoms with Gasteiger partial charge in [0, 0.05) is 20.1 Å². The van der Waals surface area contributed by atoms with E-state index in [1.807, 2.05) is 0 Å². The predicted molar refractivity (Wildman–Crippen MR) is 78.6 cm³/mol. The summed E-state index contributed by atoms with van der Waals surface area (Å²) in [4.78, 5) is 0.588. The number of sulfonamides is 1. The molecule has 19 heavy (non-hydrogen) atoms. The average molecular weight is 302 g/mol. The summed E-state index contributed by atoms with van der Waals surface area (Å²) >= 11 is 4.80. The van der Waals surface area contributed by atoms with E-state index in [1.165, 1.54) is 19.2 Å². The number of nitrogens with two attached hydrogens (primary N) is 1. The van der Waals surface area contributed by atoms with Gasteiger partial charge in [0.15, 0.2) is 0 Å². The normalized spacial score (nSPS) is 13.2.